The van der Waals surface area contributed by atoms with Crippen molar-refractivity contribution >= 4 is 17.7 Å². The van der Waals surface area contributed by atoms with Crippen molar-refractivity contribution < 1.29 is 23.9 Å². The third-order valence-corrected chi connectivity index (χ3v) is 5.23. The van der Waals surface area contributed by atoms with Gasteiger partial charge in [-0.15, -0.1) is 0 Å². The molecule has 27 heavy (non-hydrogen) atoms. The van der Waals surface area contributed by atoms with Crippen molar-refractivity contribution in [3.05, 3.63) is 23.8 Å². The Bertz CT molecular complexity index is 760. The Morgan fingerprint density at radius 2 is 2.00 bits per heavy atom. The molecule has 1 aromatic carbocycles. The Labute approximate surface area is 157 Å². The molecule has 0 atom stereocenters. The van der Waals surface area contributed by atoms with E-state index in [9.17, 15) is 14.4 Å². The zero-order valence-corrected chi connectivity index (χ0v) is 15.1. The highest BCUT2D eigenvalue weighted by molar-refractivity contribution is 5.96. The molecule has 0 aromatic heterocycles. The average Bonchev–Trinajstić information content (AvgIpc) is 3.25. The summed E-state index contributed by atoms with van der Waals surface area (Å²) >= 11 is 0. The van der Waals surface area contributed by atoms with E-state index in [0.717, 1.165) is 19.4 Å². The number of rotatable bonds is 6. The number of nitrogens with one attached hydrogen (secondary N) is 1. The molecule has 0 aliphatic carbocycles. The number of amides is 3. The first-order valence-corrected chi connectivity index (χ1v) is 9.36. The van der Waals surface area contributed by atoms with Gasteiger partial charge in [-0.25, -0.2) is 0 Å². The first-order valence-electron chi connectivity index (χ1n) is 9.36. The second-order valence-electron chi connectivity index (χ2n) is 7.10. The smallest absolute Gasteiger partial charge is 0.254 e. The lowest BCUT2D eigenvalue weighted by molar-refractivity contribution is -0.128. The number of nitrogens with zero attached hydrogens (tertiary/aromatic N) is 2. The molecule has 0 bridgehead atoms. The van der Waals surface area contributed by atoms with Gasteiger partial charge in [0.25, 0.3) is 5.91 Å². The van der Waals surface area contributed by atoms with Crippen LogP contribution in [-0.2, 0) is 9.59 Å². The molecule has 1 N–H and O–H groups in total. The molecule has 0 spiro atoms. The van der Waals surface area contributed by atoms with Crippen LogP contribution in [0, 0.1) is 5.92 Å². The fourth-order valence-corrected chi connectivity index (χ4v) is 3.59. The van der Waals surface area contributed by atoms with Gasteiger partial charge in [0.2, 0.25) is 18.6 Å². The molecule has 1 aromatic rings. The summed E-state index contributed by atoms with van der Waals surface area (Å²) in [6, 6.07) is 5.12. The summed E-state index contributed by atoms with van der Waals surface area (Å²) in [5.74, 6) is 1.12. The number of fused-ring (bicyclic) bond motifs is 1. The minimum atomic E-state index is -0.170. The van der Waals surface area contributed by atoms with Crippen LogP contribution in [0.3, 0.4) is 0 Å². The zero-order valence-electron chi connectivity index (χ0n) is 15.1. The lowest BCUT2D eigenvalue weighted by Gasteiger charge is -2.38. The van der Waals surface area contributed by atoms with E-state index in [4.69, 9.17) is 9.47 Å². The molecule has 3 amide bonds. The van der Waals surface area contributed by atoms with E-state index in [1.807, 2.05) is 4.90 Å². The van der Waals surface area contributed by atoms with Gasteiger partial charge in [-0.05, 0) is 31.0 Å². The Morgan fingerprint density at radius 1 is 1.19 bits per heavy atom. The fraction of sp³-hybridized carbons (Fsp3) is 0.526. The van der Waals surface area contributed by atoms with Gasteiger partial charge in [0.05, 0.1) is 5.92 Å². The number of hydrogen-bond donors (Lipinski definition) is 1. The molecule has 4 rings (SSSR count). The summed E-state index contributed by atoms with van der Waals surface area (Å²) in [6.45, 7) is 3.08. The average molecular weight is 373 g/mol. The SMILES string of the molecule is O=C(NCCCN1CCCC1=O)C1CN(C(=O)c2ccc3c(c2)OCO3)C1. The molecule has 2 fully saturated rings. The topological polar surface area (TPSA) is 88.2 Å². The maximum Gasteiger partial charge on any atom is 0.254 e. The highest BCUT2D eigenvalue weighted by atomic mass is 16.7. The summed E-state index contributed by atoms with van der Waals surface area (Å²) in [5.41, 5.74) is 0.536. The van der Waals surface area contributed by atoms with Crippen molar-refractivity contribution in [2.45, 2.75) is 19.3 Å². The summed E-state index contributed by atoms with van der Waals surface area (Å²) < 4.78 is 10.5. The predicted octanol–water partition coefficient (Wildman–Crippen LogP) is 0.616. The van der Waals surface area contributed by atoms with E-state index >= 15 is 0 Å². The van der Waals surface area contributed by atoms with Gasteiger partial charge in [0.1, 0.15) is 0 Å². The molecular weight excluding hydrogens is 350 g/mol. The van der Waals surface area contributed by atoms with E-state index in [0.29, 0.717) is 49.7 Å². The zero-order chi connectivity index (χ0) is 18.8. The van der Waals surface area contributed by atoms with Crippen molar-refractivity contribution in [2.75, 3.05) is 39.5 Å². The van der Waals surface area contributed by atoms with E-state index in [2.05, 4.69) is 5.32 Å². The lowest BCUT2D eigenvalue weighted by atomic mass is 9.97. The number of carbonyl (C=O) groups excluding carboxylic acids is 3. The predicted molar refractivity (Wildman–Crippen MR) is 95.4 cm³/mol. The Morgan fingerprint density at radius 3 is 2.78 bits per heavy atom. The standard InChI is InChI=1S/C19H23N3O5/c23-17-3-1-7-21(17)8-2-6-20-18(24)14-10-22(11-14)19(25)13-4-5-15-16(9-13)27-12-26-15/h4-5,9,14H,1-3,6-8,10-12H2,(H,20,24). The van der Waals surface area contributed by atoms with Crippen LogP contribution in [0.4, 0.5) is 0 Å². The van der Waals surface area contributed by atoms with Crippen molar-refractivity contribution in [1.82, 2.24) is 15.1 Å². The van der Waals surface area contributed by atoms with Gasteiger partial charge in [0, 0.05) is 44.7 Å². The van der Waals surface area contributed by atoms with E-state index < -0.39 is 0 Å². The number of benzene rings is 1. The van der Waals surface area contributed by atoms with Crippen molar-refractivity contribution in [1.29, 1.82) is 0 Å². The first kappa shape index (κ1) is 17.6. The van der Waals surface area contributed by atoms with Gasteiger partial charge in [0.15, 0.2) is 11.5 Å². The monoisotopic (exact) mass is 373 g/mol. The summed E-state index contributed by atoms with van der Waals surface area (Å²) in [6.07, 6.45) is 2.33. The fourth-order valence-electron chi connectivity index (χ4n) is 3.59. The highest BCUT2D eigenvalue weighted by Gasteiger charge is 2.36. The minimum absolute atomic E-state index is 0.0301. The van der Waals surface area contributed by atoms with Crippen LogP contribution in [-0.4, -0.2) is 67.0 Å². The number of hydrogen-bond acceptors (Lipinski definition) is 5. The molecule has 3 heterocycles. The minimum Gasteiger partial charge on any atom is -0.454 e. The van der Waals surface area contributed by atoms with Gasteiger partial charge in [-0.1, -0.05) is 0 Å². The van der Waals surface area contributed by atoms with Gasteiger partial charge in [-0.3, -0.25) is 14.4 Å². The van der Waals surface area contributed by atoms with E-state index in [1.54, 1.807) is 23.1 Å². The number of ether oxygens (including phenoxy) is 2. The summed E-state index contributed by atoms with van der Waals surface area (Å²) in [5, 5.41) is 2.91. The van der Waals surface area contributed by atoms with Crippen molar-refractivity contribution in [2.24, 2.45) is 5.92 Å². The molecule has 144 valence electrons. The van der Waals surface area contributed by atoms with Crippen LogP contribution in [0.25, 0.3) is 0 Å². The van der Waals surface area contributed by atoms with Crippen molar-refractivity contribution in [3.63, 3.8) is 0 Å². The Hall–Kier alpha value is -2.77. The van der Waals surface area contributed by atoms with Gasteiger partial charge >= 0.3 is 0 Å². The van der Waals surface area contributed by atoms with Crippen molar-refractivity contribution in [3.8, 4) is 11.5 Å². The van der Waals surface area contributed by atoms with E-state index in [1.165, 1.54) is 0 Å². The summed E-state index contributed by atoms with van der Waals surface area (Å²) in [4.78, 5) is 39.7. The Balaban J connectivity index is 1.18. The lowest BCUT2D eigenvalue weighted by Crippen LogP contribution is -2.55. The molecule has 0 saturated carbocycles. The van der Waals surface area contributed by atoms with Crippen LogP contribution in [0.5, 0.6) is 11.5 Å². The van der Waals surface area contributed by atoms with Crippen LogP contribution in [0.15, 0.2) is 18.2 Å². The van der Waals surface area contributed by atoms with Crippen LogP contribution in [0.2, 0.25) is 0 Å². The molecule has 8 heteroatoms. The quantitative estimate of drug-likeness (QED) is 0.739. The Kier molecular flexibility index (Phi) is 4.87. The molecule has 3 aliphatic rings. The van der Waals surface area contributed by atoms with E-state index in [-0.39, 0.29) is 30.4 Å². The molecule has 3 aliphatic heterocycles. The highest BCUT2D eigenvalue weighted by Crippen LogP contribution is 2.33. The molecule has 2 saturated heterocycles. The maximum absolute atomic E-state index is 12.5. The second-order valence-corrected chi connectivity index (χ2v) is 7.10. The second kappa shape index (κ2) is 7.46. The first-order chi connectivity index (χ1) is 13.1. The van der Waals surface area contributed by atoms with Crippen LogP contribution >= 0.6 is 0 Å². The third-order valence-electron chi connectivity index (χ3n) is 5.23. The number of likely N-dealkylation sites (tertiary alicyclic amines) is 2. The largest absolute Gasteiger partial charge is 0.454 e. The maximum atomic E-state index is 12.5. The van der Waals surface area contributed by atoms with Gasteiger partial charge in [-0.2, -0.15) is 0 Å². The molecular formula is C19H23N3O5. The molecule has 0 unspecified atom stereocenters. The van der Waals surface area contributed by atoms with Crippen LogP contribution < -0.4 is 14.8 Å². The normalized spacial score (nSPS) is 18.6. The third kappa shape index (κ3) is 3.70. The molecule has 0 radical (unpaired) electrons. The van der Waals surface area contributed by atoms with Gasteiger partial charge < -0.3 is 24.6 Å². The number of carbonyl (C=O) groups is 3. The summed E-state index contributed by atoms with van der Waals surface area (Å²) in [7, 11) is 0. The van der Waals surface area contributed by atoms with Crippen LogP contribution in [0.1, 0.15) is 29.6 Å². The molecule has 8 nitrogen and oxygen atoms in total.